The van der Waals surface area contributed by atoms with Gasteiger partial charge in [-0.15, -0.1) is 11.3 Å². The molecule has 0 spiro atoms. The van der Waals surface area contributed by atoms with Gasteiger partial charge in [0.05, 0.1) is 9.83 Å². The molecule has 2 aromatic rings. The molecule has 0 aliphatic heterocycles. The van der Waals surface area contributed by atoms with Crippen LogP contribution in [-0.4, -0.2) is 7.05 Å². The summed E-state index contributed by atoms with van der Waals surface area (Å²) < 4.78 is 1.18. The maximum atomic E-state index is 3.53. The Hall–Kier alpha value is -0.640. The Bertz CT molecular complexity index is 519. The molecule has 0 fully saturated rings. The molecule has 1 heterocycles. The van der Waals surface area contributed by atoms with Crippen LogP contribution in [-0.2, 0) is 0 Å². The molecule has 0 saturated carbocycles. The largest absolute Gasteiger partial charge is 0.309 e. The Labute approximate surface area is 115 Å². The molecular weight excluding hydrogens is 294 g/mol. The zero-order valence-corrected chi connectivity index (χ0v) is 12.7. The van der Waals surface area contributed by atoms with Crippen LogP contribution in [0.2, 0.25) is 0 Å². The summed E-state index contributed by atoms with van der Waals surface area (Å²) in [5.74, 6) is 0. The Balaban J connectivity index is 2.45. The molecule has 90 valence electrons. The Morgan fingerprint density at radius 2 is 2.06 bits per heavy atom. The second kappa shape index (κ2) is 5.34. The van der Waals surface area contributed by atoms with Gasteiger partial charge >= 0.3 is 0 Å². The maximum absolute atomic E-state index is 3.53. The van der Waals surface area contributed by atoms with E-state index < -0.39 is 0 Å². The number of rotatable bonds is 3. The molecule has 0 aliphatic carbocycles. The predicted octanol–water partition coefficient (Wildman–Crippen LogP) is 4.44. The fourth-order valence-electron chi connectivity index (χ4n) is 2.06. The van der Waals surface area contributed by atoms with Crippen molar-refractivity contribution < 1.29 is 0 Å². The van der Waals surface area contributed by atoms with Crippen LogP contribution in [0.5, 0.6) is 0 Å². The summed E-state index contributed by atoms with van der Waals surface area (Å²) in [6, 6.07) is 8.96. The highest BCUT2D eigenvalue weighted by Gasteiger charge is 2.15. The molecule has 0 radical (unpaired) electrons. The number of thiophene rings is 1. The van der Waals surface area contributed by atoms with Crippen molar-refractivity contribution in [1.29, 1.82) is 0 Å². The summed E-state index contributed by atoms with van der Waals surface area (Å²) >= 11 is 5.26. The topological polar surface area (TPSA) is 12.0 Å². The van der Waals surface area contributed by atoms with Gasteiger partial charge in [0.1, 0.15) is 0 Å². The molecule has 1 N–H and O–H groups in total. The molecule has 3 heteroatoms. The van der Waals surface area contributed by atoms with Crippen molar-refractivity contribution in [2.45, 2.75) is 19.9 Å². The quantitative estimate of drug-likeness (QED) is 0.884. The van der Waals surface area contributed by atoms with Crippen LogP contribution in [0, 0.1) is 13.8 Å². The molecule has 2 rings (SSSR count). The van der Waals surface area contributed by atoms with E-state index in [1.807, 2.05) is 7.05 Å². The van der Waals surface area contributed by atoms with Crippen LogP contribution in [0.3, 0.4) is 0 Å². The number of aryl methyl sites for hydroxylation is 1. The van der Waals surface area contributed by atoms with E-state index in [1.165, 1.54) is 26.0 Å². The summed E-state index contributed by atoms with van der Waals surface area (Å²) in [5, 5.41) is 5.60. The average Bonchev–Trinajstić information content (AvgIpc) is 2.72. The second-order valence-corrected chi connectivity index (χ2v) is 6.49. The van der Waals surface area contributed by atoms with Crippen molar-refractivity contribution in [3.8, 4) is 0 Å². The van der Waals surface area contributed by atoms with Gasteiger partial charge in [-0.1, -0.05) is 18.2 Å². The third-order valence-electron chi connectivity index (χ3n) is 3.17. The molecule has 1 aromatic carbocycles. The predicted molar refractivity (Wildman–Crippen MR) is 78.8 cm³/mol. The van der Waals surface area contributed by atoms with E-state index in [4.69, 9.17) is 0 Å². The number of benzene rings is 1. The standard InChI is InChI=1S/C14H16BrNS/c1-9-5-4-6-12(10(9)2)14(16-3)11-7-13(15)17-8-11/h4-8,14,16H,1-3H3. The Kier molecular flexibility index (Phi) is 4.02. The SMILES string of the molecule is CNC(c1csc(Br)c1)c1cccc(C)c1C. The van der Waals surface area contributed by atoms with E-state index >= 15 is 0 Å². The minimum atomic E-state index is 0.275. The minimum Gasteiger partial charge on any atom is -0.309 e. The minimum absolute atomic E-state index is 0.275. The molecule has 1 unspecified atom stereocenters. The van der Waals surface area contributed by atoms with E-state index in [1.54, 1.807) is 11.3 Å². The third-order valence-corrected chi connectivity index (χ3v) is 4.69. The third kappa shape index (κ3) is 2.62. The van der Waals surface area contributed by atoms with Gasteiger partial charge in [0.25, 0.3) is 0 Å². The molecule has 1 nitrogen and oxygen atoms in total. The smallest absolute Gasteiger partial charge is 0.0701 e. The molecule has 0 aliphatic rings. The second-order valence-electron chi connectivity index (χ2n) is 4.19. The fraction of sp³-hybridized carbons (Fsp3) is 0.286. The van der Waals surface area contributed by atoms with Gasteiger partial charge in [-0.25, -0.2) is 0 Å². The number of halogens is 1. The zero-order valence-electron chi connectivity index (χ0n) is 10.3. The molecule has 1 atom stereocenters. The van der Waals surface area contributed by atoms with E-state index in [2.05, 4.69) is 64.7 Å². The summed E-state index contributed by atoms with van der Waals surface area (Å²) in [5.41, 5.74) is 5.39. The first-order valence-corrected chi connectivity index (χ1v) is 7.28. The van der Waals surface area contributed by atoms with Crippen LogP contribution in [0.1, 0.15) is 28.3 Å². The van der Waals surface area contributed by atoms with E-state index in [-0.39, 0.29) is 6.04 Å². The van der Waals surface area contributed by atoms with Crippen molar-refractivity contribution in [3.05, 3.63) is 55.7 Å². The van der Waals surface area contributed by atoms with Crippen LogP contribution in [0.25, 0.3) is 0 Å². The lowest BCUT2D eigenvalue weighted by Gasteiger charge is -2.19. The van der Waals surface area contributed by atoms with E-state index in [0.717, 1.165) is 0 Å². The highest BCUT2D eigenvalue weighted by molar-refractivity contribution is 9.11. The summed E-state index contributed by atoms with van der Waals surface area (Å²) in [4.78, 5) is 0. The highest BCUT2D eigenvalue weighted by atomic mass is 79.9. The van der Waals surface area contributed by atoms with Gasteiger partial charge in [0.15, 0.2) is 0 Å². The fourth-order valence-corrected chi connectivity index (χ4v) is 3.26. The lowest BCUT2D eigenvalue weighted by Crippen LogP contribution is -2.18. The van der Waals surface area contributed by atoms with Gasteiger partial charge < -0.3 is 5.32 Å². The van der Waals surface area contributed by atoms with Crippen molar-refractivity contribution in [2.24, 2.45) is 0 Å². The molecule has 0 amide bonds. The van der Waals surface area contributed by atoms with Crippen molar-refractivity contribution in [1.82, 2.24) is 5.32 Å². The van der Waals surface area contributed by atoms with Crippen LogP contribution >= 0.6 is 27.3 Å². The normalized spacial score (nSPS) is 12.7. The molecular formula is C14H16BrNS. The van der Waals surface area contributed by atoms with Gasteiger partial charge in [-0.05, 0) is 70.5 Å². The first-order chi connectivity index (χ1) is 8.13. The van der Waals surface area contributed by atoms with Gasteiger partial charge in [0.2, 0.25) is 0 Å². The zero-order chi connectivity index (χ0) is 12.4. The molecule has 0 saturated heterocycles. The molecule has 1 aromatic heterocycles. The maximum Gasteiger partial charge on any atom is 0.0701 e. The lowest BCUT2D eigenvalue weighted by molar-refractivity contribution is 0.689. The number of hydrogen-bond acceptors (Lipinski definition) is 2. The Morgan fingerprint density at radius 1 is 1.29 bits per heavy atom. The molecule has 0 bridgehead atoms. The average molecular weight is 310 g/mol. The lowest BCUT2D eigenvalue weighted by atomic mass is 9.94. The van der Waals surface area contributed by atoms with Crippen LogP contribution < -0.4 is 5.32 Å². The number of hydrogen-bond donors (Lipinski definition) is 1. The summed E-state index contributed by atoms with van der Waals surface area (Å²) in [6.07, 6.45) is 0. The Morgan fingerprint density at radius 3 is 2.65 bits per heavy atom. The summed E-state index contributed by atoms with van der Waals surface area (Å²) in [6.45, 7) is 4.35. The highest BCUT2D eigenvalue weighted by Crippen LogP contribution is 2.31. The van der Waals surface area contributed by atoms with Crippen LogP contribution in [0.15, 0.2) is 33.4 Å². The van der Waals surface area contributed by atoms with E-state index in [9.17, 15) is 0 Å². The monoisotopic (exact) mass is 309 g/mol. The van der Waals surface area contributed by atoms with Gasteiger partial charge in [-0.3, -0.25) is 0 Å². The van der Waals surface area contributed by atoms with Crippen molar-refractivity contribution >= 4 is 27.3 Å². The molecule has 17 heavy (non-hydrogen) atoms. The van der Waals surface area contributed by atoms with Crippen molar-refractivity contribution in [3.63, 3.8) is 0 Å². The summed E-state index contributed by atoms with van der Waals surface area (Å²) in [7, 11) is 2.01. The van der Waals surface area contributed by atoms with Gasteiger partial charge in [0, 0.05) is 0 Å². The van der Waals surface area contributed by atoms with Crippen molar-refractivity contribution in [2.75, 3.05) is 7.05 Å². The van der Waals surface area contributed by atoms with Crippen LogP contribution in [0.4, 0.5) is 0 Å². The first-order valence-electron chi connectivity index (χ1n) is 5.60. The first kappa shape index (κ1) is 12.8. The number of nitrogens with one attached hydrogen (secondary N) is 1. The van der Waals surface area contributed by atoms with E-state index in [0.29, 0.717) is 0 Å². The van der Waals surface area contributed by atoms with Gasteiger partial charge in [-0.2, -0.15) is 0 Å².